The van der Waals surface area contributed by atoms with Crippen molar-refractivity contribution in [1.82, 2.24) is 0 Å². The zero-order valence-corrected chi connectivity index (χ0v) is 13.1. The van der Waals surface area contributed by atoms with E-state index in [-0.39, 0.29) is 5.78 Å². The van der Waals surface area contributed by atoms with Gasteiger partial charge in [-0.15, -0.1) is 0 Å². The summed E-state index contributed by atoms with van der Waals surface area (Å²) in [4.78, 5) is 12.1. The first-order valence-corrected chi connectivity index (χ1v) is 7.96. The number of hydrogen-bond acceptors (Lipinski definition) is 3. The van der Waals surface area contributed by atoms with Crippen LogP contribution in [0.3, 0.4) is 0 Å². The molecule has 0 N–H and O–H groups in total. The number of Topliss-reactive ketones (excluding diaryl/α,β-unsaturated/α-hetero) is 1. The van der Waals surface area contributed by atoms with Gasteiger partial charge in [0.1, 0.15) is 17.1 Å². The summed E-state index contributed by atoms with van der Waals surface area (Å²) in [5.74, 6) is 2.37. The lowest BCUT2D eigenvalue weighted by Gasteiger charge is -2.32. The highest BCUT2D eigenvalue weighted by molar-refractivity contribution is 6.00. The van der Waals surface area contributed by atoms with Crippen molar-refractivity contribution in [2.75, 3.05) is 0 Å². The van der Waals surface area contributed by atoms with Gasteiger partial charge in [-0.2, -0.15) is 0 Å². The largest absolute Gasteiger partial charge is 0.490 e. The monoisotopic (exact) mass is 288 g/mol. The van der Waals surface area contributed by atoms with Crippen molar-refractivity contribution in [3.63, 3.8) is 0 Å². The molecule has 2 atom stereocenters. The van der Waals surface area contributed by atoms with Crippen LogP contribution in [0.4, 0.5) is 0 Å². The molecule has 0 radical (unpaired) electrons. The molecule has 1 aromatic rings. The molecule has 1 saturated carbocycles. The molecular weight excluding hydrogens is 264 g/mol. The maximum atomic E-state index is 12.1. The SMILES string of the molecule is CC1CCCC(Oc2ccc3c(c2)OC(C)(C)CC3=O)C1. The normalized spacial score (nSPS) is 27.7. The summed E-state index contributed by atoms with van der Waals surface area (Å²) < 4.78 is 12.0. The van der Waals surface area contributed by atoms with E-state index in [9.17, 15) is 4.79 Å². The van der Waals surface area contributed by atoms with Crippen molar-refractivity contribution < 1.29 is 14.3 Å². The fraction of sp³-hybridized carbons (Fsp3) is 0.611. The van der Waals surface area contributed by atoms with E-state index in [0.29, 0.717) is 23.8 Å². The summed E-state index contributed by atoms with van der Waals surface area (Å²) >= 11 is 0. The van der Waals surface area contributed by atoms with Crippen LogP contribution in [0, 0.1) is 5.92 Å². The van der Waals surface area contributed by atoms with Crippen LogP contribution in [0.2, 0.25) is 0 Å². The second kappa shape index (κ2) is 5.36. The van der Waals surface area contributed by atoms with Gasteiger partial charge in [0.2, 0.25) is 0 Å². The van der Waals surface area contributed by atoms with E-state index >= 15 is 0 Å². The lowest BCUT2D eigenvalue weighted by atomic mass is 9.88. The number of carbonyl (C=O) groups excluding carboxylic acids is 1. The Morgan fingerprint density at radius 3 is 2.86 bits per heavy atom. The number of ether oxygens (including phenoxy) is 2. The zero-order chi connectivity index (χ0) is 15.0. The highest BCUT2D eigenvalue weighted by atomic mass is 16.5. The van der Waals surface area contributed by atoms with Crippen LogP contribution in [0.5, 0.6) is 11.5 Å². The maximum Gasteiger partial charge on any atom is 0.170 e. The number of carbonyl (C=O) groups is 1. The van der Waals surface area contributed by atoms with Crippen LogP contribution in [-0.4, -0.2) is 17.5 Å². The Hall–Kier alpha value is -1.51. The minimum Gasteiger partial charge on any atom is -0.490 e. The van der Waals surface area contributed by atoms with E-state index in [1.54, 1.807) is 0 Å². The third-order valence-corrected chi connectivity index (χ3v) is 4.42. The van der Waals surface area contributed by atoms with Crippen LogP contribution in [0.25, 0.3) is 0 Å². The van der Waals surface area contributed by atoms with Crippen molar-refractivity contribution in [1.29, 1.82) is 0 Å². The molecule has 0 spiro atoms. The van der Waals surface area contributed by atoms with Gasteiger partial charge in [-0.25, -0.2) is 0 Å². The molecule has 1 fully saturated rings. The van der Waals surface area contributed by atoms with E-state index in [0.717, 1.165) is 24.5 Å². The van der Waals surface area contributed by atoms with Crippen molar-refractivity contribution in [3.8, 4) is 11.5 Å². The average Bonchev–Trinajstić information content (AvgIpc) is 2.36. The summed E-state index contributed by atoms with van der Waals surface area (Å²) in [5.41, 5.74) is 0.251. The Kier molecular flexibility index (Phi) is 3.68. The number of ketones is 1. The van der Waals surface area contributed by atoms with Crippen LogP contribution >= 0.6 is 0 Å². The Labute approximate surface area is 126 Å². The van der Waals surface area contributed by atoms with Gasteiger partial charge in [0.25, 0.3) is 0 Å². The summed E-state index contributed by atoms with van der Waals surface area (Å²) in [6.07, 6.45) is 5.49. The van der Waals surface area contributed by atoms with Gasteiger partial charge < -0.3 is 9.47 Å². The van der Waals surface area contributed by atoms with Crippen LogP contribution in [0.1, 0.15) is 63.2 Å². The Bertz CT molecular complexity index is 547. The summed E-state index contributed by atoms with van der Waals surface area (Å²) in [6, 6.07) is 5.62. The van der Waals surface area contributed by atoms with Gasteiger partial charge in [-0.05, 0) is 51.2 Å². The highest BCUT2D eigenvalue weighted by Gasteiger charge is 2.32. The van der Waals surface area contributed by atoms with E-state index in [2.05, 4.69) is 6.92 Å². The number of rotatable bonds is 2. The zero-order valence-electron chi connectivity index (χ0n) is 13.1. The molecule has 0 aromatic heterocycles. The molecular formula is C18H24O3. The molecule has 1 aliphatic carbocycles. The predicted molar refractivity (Wildman–Crippen MR) is 82.1 cm³/mol. The molecule has 21 heavy (non-hydrogen) atoms. The number of hydrogen-bond donors (Lipinski definition) is 0. The molecule has 3 rings (SSSR count). The molecule has 0 bridgehead atoms. The second-order valence-electron chi connectivity index (χ2n) is 7.13. The third-order valence-electron chi connectivity index (χ3n) is 4.42. The quantitative estimate of drug-likeness (QED) is 0.809. The van der Waals surface area contributed by atoms with Gasteiger partial charge in [0, 0.05) is 6.07 Å². The van der Waals surface area contributed by atoms with Gasteiger partial charge >= 0.3 is 0 Å². The second-order valence-corrected chi connectivity index (χ2v) is 7.13. The smallest absolute Gasteiger partial charge is 0.170 e. The van der Waals surface area contributed by atoms with E-state index in [4.69, 9.17) is 9.47 Å². The molecule has 0 amide bonds. The molecule has 2 aliphatic rings. The minimum atomic E-state index is -0.429. The van der Waals surface area contributed by atoms with Crippen molar-refractivity contribution in [2.45, 2.75) is 64.6 Å². The first-order chi connectivity index (χ1) is 9.93. The highest BCUT2D eigenvalue weighted by Crippen LogP contribution is 2.36. The Morgan fingerprint density at radius 1 is 1.29 bits per heavy atom. The third kappa shape index (κ3) is 3.22. The van der Waals surface area contributed by atoms with Gasteiger partial charge in [-0.1, -0.05) is 13.3 Å². The molecule has 3 nitrogen and oxygen atoms in total. The summed E-state index contributed by atoms with van der Waals surface area (Å²) in [6.45, 7) is 6.18. The maximum absolute atomic E-state index is 12.1. The van der Waals surface area contributed by atoms with Gasteiger partial charge in [-0.3, -0.25) is 4.79 Å². The minimum absolute atomic E-state index is 0.152. The van der Waals surface area contributed by atoms with Crippen molar-refractivity contribution in [2.24, 2.45) is 5.92 Å². The summed E-state index contributed by atoms with van der Waals surface area (Å²) in [7, 11) is 0. The van der Waals surface area contributed by atoms with Gasteiger partial charge in [0.15, 0.2) is 5.78 Å². The van der Waals surface area contributed by atoms with E-state index < -0.39 is 5.60 Å². The summed E-state index contributed by atoms with van der Waals surface area (Å²) in [5, 5.41) is 0. The lowest BCUT2D eigenvalue weighted by molar-refractivity contribution is 0.0615. The fourth-order valence-corrected chi connectivity index (χ4v) is 3.38. The predicted octanol–water partition coefficient (Wildman–Crippen LogP) is 4.39. The van der Waals surface area contributed by atoms with Crippen LogP contribution < -0.4 is 9.47 Å². The molecule has 1 aromatic carbocycles. The van der Waals surface area contributed by atoms with Crippen molar-refractivity contribution in [3.05, 3.63) is 23.8 Å². The van der Waals surface area contributed by atoms with Crippen molar-refractivity contribution >= 4 is 5.78 Å². The molecule has 1 heterocycles. The Balaban J connectivity index is 1.78. The first kappa shape index (κ1) is 14.4. The molecule has 114 valence electrons. The standard InChI is InChI=1S/C18H24O3/c1-12-5-4-6-13(9-12)20-14-7-8-15-16(19)11-18(2,3)21-17(15)10-14/h7-8,10,12-13H,4-6,9,11H2,1-3H3. The van der Waals surface area contributed by atoms with Crippen LogP contribution in [-0.2, 0) is 0 Å². The molecule has 1 aliphatic heterocycles. The Morgan fingerprint density at radius 2 is 2.10 bits per heavy atom. The topological polar surface area (TPSA) is 35.5 Å². The van der Waals surface area contributed by atoms with Gasteiger partial charge in [0.05, 0.1) is 18.1 Å². The first-order valence-electron chi connectivity index (χ1n) is 7.96. The van der Waals surface area contributed by atoms with Crippen LogP contribution in [0.15, 0.2) is 18.2 Å². The van der Waals surface area contributed by atoms with E-state index in [1.807, 2.05) is 32.0 Å². The molecule has 2 unspecified atom stereocenters. The fourth-order valence-electron chi connectivity index (χ4n) is 3.38. The number of fused-ring (bicyclic) bond motifs is 1. The number of benzene rings is 1. The molecule has 3 heteroatoms. The van der Waals surface area contributed by atoms with E-state index in [1.165, 1.54) is 12.8 Å². The molecule has 0 saturated heterocycles. The lowest BCUT2D eigenvalue weighted by Crippen LogP contribution is -2.35. The average molecular weight is 288 g/mol.